The van der Waals surface area contributed by atoms with Crippen molar-refractivity contribution in [2.24, 2.45) is 10.3 Å². The van der Waals surface area contributed by atoms with Crippen molar-refractivity contribution < 1.29 is 14.3 Å². The Labute approximate surface area is 87.2 Å². The van der Waals surface area contributed by atoms with Crippen molar-refractivity contribution in [3.05, 3.63) is 0 Å². The Kier molecular flexibility index (Phi) is 1.63. The van der Waals surface area contributed by atoms with Crippen LogP contribution in [-0.4, -0.2) is 42.0 Å². The van der Waals surface area contributed by atoms with Crippen LogP contribution in [-0.2, 0) is 14.3 Å². The smallest absolute Gasteiger partial charge is 0.338 e. The first-order chi connectivity index (χ1) is 7.18. The van der Waals surface area contributed by atoms with E-state index in [-0.39, 0.29) is 12.0 Å². The number of esters is 1. The molecule has 2 fully saturated rings. The van der Waals surface area contributed by atoms with E-state index < -0.39 is 11.8 Å². The molecule has 2 saturated heterocycles. The SMILES string of the molecule is CO[C@@]12CC[C@H](C)N3N=N[C@@H](C(=O)O1)[C@H]32. The minimum atomic E-state index is -0.822. The molecule has 3 aliphatic rings. The summed E-state index contributed by atoms with van der Waals surface area (Å²) in [5, 5.41) is 9.85. The number of hydrogen-bond acceptors (Lipinski definition) is 6. The lowest BCUT2D eigenvalue weighted by Gasteiger charge is -2.42. The number of piperidine rings is 1. The molecule has 3 rings (SSSR count). The molecule has 15 heavy (non-hydrogen) atoms. The van der Waals surface area contributed by atoms with Gasteiger partial charge in [-0.25, -0.2) is 4.79 Å². The van der Waals surface area contributed by atoms with Gasteiger partial charge in [0.25, 0.3) is 0 Å². The van der Waals surface area contributed by atoms with Crippen LogP contribution in [0.3, 0.4) is 0 Å². The molecule has 82 valence electrons. The number of rotatable bonds is 1. The summed E-state index contributed by atoms with van der Waals surface area (Å²) in [6.45, 7) is 2.07. The molecule has 0 saturated carbocycles. The number of carbonyl (C=O) groups is 1. The van der Waals surface area contributed by atoms with E-state index in [9.17, 15) is 4.79 Å². The average Bonchev–Trinajstić information content (AvgIpc) is 2.77. The monoisotopic (exact) mass is 211 g/mol. The van der Waals surface area contributed by atoms with Gasteiger partial charge in [0.2, 0.25) is 5.79 Å². The van der Waals surface area contributed by atoms with Crippen molar-refractivity contribution in [3.63, 3.8) is 0 Å². The minimum Gasteiger partial charge on any atom is -0.429 e. The molecule has 0 aromatic carbocycles. The van der Waals surface area contributed by atoms with Crippen LogP contribution in [0.25, 0.3) is 0 Å². The quantitative estimate of drug-likeness (QED) is 0.592. The van der Waals surface area contributed by atoms with E-state index in [2.05, 4.69) is 17.3 Å². The molecule has 3 heterocycles. The van der Waals surface area contributed by atoms with Crippen LogP contribution in [0.5, 0.6) is 0 Å². The Bertz CT molecular complexity index is 345. The lowest BCUT2D eigenvalue weighted by Crippen LogP contribution is -2.57. The number of methoxy groups -OCH3 is 1. The molecule has 3 aliphatic heterocycles. The molecule has 0 unspecified atom stereocenters. The van der Waals surface area contributed by atoms with Crippen molar-refractivity contribution in [1.82, 2.24) is 5.01 Å². The van der Waals surface area contributed by atoms with Gasteiger partial charge in [0, 0.05) is 19.6 Å². The standard InChI is InChI=1S/C9H13N3O3/c1-5-3-4-9(14-2)7-6(8(13)15-9)10-11-12(5)7/h5-7H,3-4H2,1-2H3/t5-,6+,7-,9-/m0/s1. The van der Waals surface area contributed by atoms with Gasteiger partial charge in [-0.3, -0.25) is 5.01 Å². The van der Waals surface area contributed by atoms with Crippen molar-refractivity contribution >= 4 is 5.97 Å². The highest BCUT2D eigenvalue weighted by Gasteiger charge is 2.64. The zero-order valence-corrected chi connectivity index (χ0v) is 8.71. The average molecular weight is 211 g/mol. The Morgan fingerprint density at radius 2 is 2.47 bits per heavy atom. The van der Waals surface area contributed by atoms with Gasteiger partial charge in [-0.1, -0.05) is 5.22 Å². The van der Waals surface area contributed by atoms with Gasteiger partial charge in [0.15, 0.2) is 6.04 Å². The van der Waals surface area contributed by atoms with Gasteiger partial charge >= 0.3 is 5.97 Å². The van der Waals surface area contributed by atoms with E-state index in [4.69, 9.17) is 9.47 Å². The van der Waals surface area contributed by atoms with Gasteiger partial charge in [-0.2, -0.15) is 5.11 Å². The van der Waals surface area contributed by atoms with Gasteiger partial charge in [-0.05, 0) is 13.3 Å². The Balaban J connectivity index is 2.03. The molecule has 0 aromatic heterocycles. The van der Waals surface area contributed by atoms with E-state index in [1.807, 2.05) is 5.01 Å². The molecule has 6 nitrogen and oxygen atoms in total. The highest BCUT2D eigenvalue weighted by molar-refractivity contribution is 5.80. The topological polar surface area (TPSA) is 63.5 Å². The predicted octanol–water partition coefficient (Wildman–Crippen LogP) is 0.488. The third kappa shape index (κ3) is 0.949. The van der Waals surface area contributed by atoms with Crippen LogP contribution < -0.4 is 0 Å². The van der Waals surface area contributed by atoms with Crippen LogP contribution in [0.15, 0.2) is 10.3 Å². The summed E-state index contributed by atoms with van der Waals surface area (Å²) in [7, 11) is 1.57. The number of carbonyl (C=O) groups excluding carboxylic acids is 1. The zero-order valence-electron chi connectivity index (χ0n) is 8.71. The zero-order chi connectivity index (χ0) is 10.6. The van der Waals surface area contributed by atoms with E-state index in [1.54, 1.807) is 7.11 Å². The van der Waals surface area contributed by atoms with Gasteiger partial charge in [-0.15, -0.1) is 0 Å². The minimum absolute atomic E-state index is 0.168. The predicted molar refractivity (Wildman–Crippen MR) is 48.8 cm³/mol. The van der Waals surface area contributed by atoms with E-state index in [0.717, 1.165) is 12.8 Å². The summed E-state index contributed by atoms with van der Waals surface area (Å²) in [5.74, 6) is -1.14. The van der Waals surface area contributed by atoms with Crippen LogP contribution in [0.2, 0.25) is 0 Å². The Morgan fingerprint density at radius 3 is 3.20 bits per heavy atom. The van der Waals surface area contributed by atoms with E-state index in [0.29, 0.717) is 6.04 Å². The van der Waals surface area contributed by atoms with Gasteiger partial charge in [0.05, 0.1) is 0 Å². The first-order valence-electron chi connectivity index (χ1n) is 5.15. The van der Waals surface area contributed by atoms with Gasteiger partial charge in [0.1, 0.15) is 6.04 Å². The molecular formula is C9H13N3O3. The fraction of sp³-hybridized carbons (Fsp3) is 0.889. The second kappa shape index (κ2) is 2.69. The summed E-state index contributed by atoms with van der Waals surface area (Å²) in [5.41, 5.74) is 0. The van der Waals surface area contributed by atoms with Crippen molar-refractivity contribution in [3.8, 4) is 0 Å². The molecule has 0 amide bonds. The highest BCUT2D eigenvalue weighted by atomic mass is 16.7. The second-order valence-electron chi connectivity index (χ2n) is 4.30. The largest absolute Gasteiger partial charge is 0.429 e. The Hall–Kier alpha value is -1.17. The molecule has 4 atom stereocenters. The highest BCUT2D eigenvalue weighted by Crippen LogP contribution is 2.45. The number of hydrogen-bond donors (Lipinski definition) is 0. The molecule has 0 aromatic rings. The molecule has 0 bridgehead atoms. The van der Waals surface area contributed by atoms with Crippen molar-refractivity contribution in [1.29, 1.82) is 0 Å². The maximum atomic E-state index is 11.6. The third-order valence-electron chi connectivity index (χ3n) is 3.54. The number of ether oxygens (including phenoxy) is 2. The summed E-state index contributed by atoms with van der Waals surface area (Å²) in [6, 6.07) is -0.368. The van der Waals surface area contributed by atoms with E-state index >= 15 is 0 Å². The summed E-state index contributed by atoms with van der Waals surface area (Å²) < 4.78 is 10.7. The first-order valence-corrected chi connectivity index (χ1v) is 5.15. The maximum Gasteiger partial charge on any atom is 0.338 e. The van der Waals surface area contributed by atoms with Crippen LogP contribution >= 0.6 is 0 Å². The lowest BCUT2D eigenvalue weighted by atomic mass is 9.90. The molecule has 6 heteroatoms. The van der Waals surface area contributed by atoms with E-state index in [1.165, 1.54) is 0 Å². The maximum absolute atomic E-state index is 11.6. The normalized spacial score (nSPS) is 46.9. The second-order valence-corrected chi connectivity index (χ2v) is 4.30. The molecular weight excluding hydrogens is 198 g/mol. The molecule has 0 aliphatic carbocycles. The summed E-state index contributed by atoms with van der Waals surface area (Å²) >= 11 is 0. The first kappa shape index (κ1) is 9.08. The lowest BCUT2D eigenvalue weighted by molar-refractivity contribution is -0.237. The molecule has 0 N–H and O–H groups in total. The van der Waals surface area contributed by atoms with Crippen LogP contribution in [0.1, 0.15) is 19.8 Å². The van der Waals surface area contributed by atoms with Crippen molar-refractivity contribution in [2.45, 2.75) is 43.7 Å². The number of nitrogens with zero attached hydrogens (tertiary/aromatic N) is 3. The fourth-order valence-electron chi connectivity index (χ4n) is 2.66. The summed E-state index contributed by atoms with van der Waals surface area (Å²) in [6.07, 6.45) is 1.61. The fourth-order valence-corrected chi connectivity index (χ4v) is 2.66. The molecule has 0 spiro atoms. The van der Waals surface area contributed by atoms with Crippen molar-refractivity contribution in [2.75, 3.05) is 7.11 Å². The molecule has 0 radical (unpaired) electrons. The summed E-state index contributed by atoms with van der Waals surface area (Å²) in [4.78, 5) is 11.6. The van der Waals surface area contributed by atoms with Crippen LogP contribution in [0.4, 0.5) is 0 Å². The van der Waals surface area contributed by atoms with Crippen LogP contribution in [0, 0.1) is 0 Å². The third-order valence-corrected chi connectivity index (χ3v) is 3.54. The van der Waals surface area contributed by atoms with Gasteiger partial charge < -0.3 is 9.47 Å². The Morgan fingerprint density at radius 1 is 1.67 bits per heavy atom.